The molecule has 0 spiro atoms. The Hall–Kier alpha value is -6.23. The molecule has 12 nitrogen and oxygen atoms in total. The first kappa shape index (κ1) is 46.3. The number of aromatic nitrogens is 5. The molecule has 346 valence electrons. The van der Waals surface area contributed by atoms with Gasteiger partial charge in [-0.2, -0.15) is 26.3 Å². The maximum atomic E-state index is 15.0. The van der Waals surface area contributed by atoms with E-state index in [0.717, 1.165) is 35.4 Å². The van der Waals surface area contributed by atoms with Crippen molar-refractivity contribution >= 4 is 42.8 Å². The van der Waals surface area contributed by atoms with E-state index in [4.69, 9.17) is 9.15 Å². The first-order valence-electron chi connectivity index (χ1n) is 19.9. The minimum atomic E-state index is -5.26. The summed E-state index contributed by atoms with van der Waals surface area (Å²) in [5.74, 6) is -1.83. The van der Waals surface area contributed by atoms with Gasteiger partial charge in [0, 0.05) is 34.0 Å². The molecule has 66 heavy (non-hydrogen) atoms. The van der Waals surface area contributed by atoms with Crippen LogP contribution in [0.25, 0.3) is 26.8 Å². The van der Waals surface area contributed by atoms with E-state index in [2.05, 4.69) is 25.8 Å². The average Bonchev–Trinajstić information content (AvgIpc) is 4.04. The number of benzene rings is 4. The standard InChI is InChI=1S/C44H36F8N6O6S2/c1-3-41(59,43(47,48)49)39-55-56-40(64-39)53-20-24-5-15-33-32(18-24)36(26-6-10-29(45)11-7-26)28(23-63-33)16-17-42(60,44(50,51)52)35-22-58(57-54-35)21-25-4-14-31-34(19-25)65-38(66(2,61)62)37(31)27-8-12-30(46)13-9-27/h4-15,18-19,22,59-60H,3,16-17,20-21,23H2,1-2H3,(H,53,56). The van der Waals surface area contributed by atoms with Gasteiger partial charge in [-0.15, -0.1) is 21.5 Å². The van der Waals surface area contributed by atoms with Crippen molar-refractivity contribution in [2.45, 2.75) is 67.0 Å². The van der Waals surface area contributed by atoms with Crippen molar-refractivity contribution in [3.05, 3.63) is 142 Å². The number of hydrogen-bond donors (Lipinski definition) is 3. The van der Waals surface area contributed by atoms with Gasteiger partial charge in [-0.25, -0.2) is 21.9 Å². The number of ether oxygens (including phenoxy) is 1. The zero-order valence-corrected chi connectivity index (χ0v) is 36.1. The Bertz CT molecular complexity index is 3080. The number of hydrogen-bond acceptors (Lipinski definition) is 12. The summed E-state index contributed by atoms with van der Waals surface area (Å²) in [5, 5.41) is 39.5. The van der Waals surface area contributed by atoms with Crippen molar-refractivity contribution < 1.29 is 62.9 Å². The van der Waals surface area contributed by atoms with E-state index in [9.17, 15) is 40.6 Å². The summed E-state index contributed by atoms with van der Waals surface area (Å²) in [5.41, 5.74) is -4.35. The second kappa shape index (κ2) is 17.2. The monoisotopic (exact) mass is 960 g/mol. The molecule has 0 amide bonds. The molecule has 0 saturated heterocycles. The van der Waals surface area contributed by atoms with E-state index < -0.39 is 81.9 Å². The number of aliphatic hydroxyl groups is 2. The van der Waals surface area contributed by atoms with E-state index in [0.29, 0.717) is 60.4 Å². The van der Waals surface area contributed by atoms with Crippen molar-refractivity contribution in [2.75, 3.05) is 18.2 Å². The van der Waals surface area contributed by atoms with Crippen LogP contribution in [0.4, 0.5) is 41.1 Å². The maximum Gasteiger partial charge on any atom is 0.426 e. The Kier molecular flexibility index (Phi) is 12.1. The third kappa shape index (κ3) is 8.88. The van der Waals surface area contributed by atoms with Gasteiger partial charge in [0.25, 0.3) is 5.89 Å². The topological polar surface area (TPSA) is 165 Å². The number of rotatable bonds is 14. The Morgan fingerprint density at radius 3 is 2.11 bits per heavy atom. The second-order valence-electron chi connectivity index (χ2n) is 15.6. The van der Waals surface area contributed by atoms with Crippen LogP contribution in [0, 0.1) is 11.6 Å². The van der Waals surface area contributed by atoms with Crippen molar-refractivity contribution in [1.82, 2.24) is 25.2 Å². The van der Waals surface area contributed by atoms with Crippen LogP contribution in [-0.4, -0.2) is 69.0 Å². The predicted octanol–water partition coefficient (Wildman–Crippen LogP) is 9.47. The molecule has 0 saturated carbocycles. The van der Waals surface area contributed by atoms with Gasteiger partial charge in [0.2, 0.25) is 11.2 Å². The van der Waals surface area contributed by atoms with E-state index in [-0.39, 0.29) is 23.9 Å². The summed E-state index contributed by atoms with van der Waals surface area (Å²) in [6.45, 7) is 0.664. The molecule has 2 unspecified atom stereocenters. The van der Waals surface area contributed by atoms with Crippen molar-refractivity contribution in [3.8, 4) is 16.9 Å². The molecule has 4 heterocycles. The number of alkyl halides is 6. The number of halogens is 8. The van der Waals surface area contributed by atoms with E-state index >= 15 is 13.2 Å². The molecule has 1 aliphatic rings. The number of anilines is 1. The Labute approximate surface area is 374 Å². The Balaban J connectivity index is 1.06. The van der Waals surface area contributed by atoms with Crippen LogP contribution in [0.15, 0.2) is 105 Å². The van der Waals surface area contributed by atoms with Crippen molar-refractivity contribution in [2.24, 2.45) is 0 Å². The molecule has 7 aromatic rings. The highest BCUT2D eigenvalue weighted by Crippen LogP contribution is 2.47. The minimum Gasteiger partial charge on any atom is -0.489 e. The fourth-order valence-corrected chi connectivity index (χ4v) is 10.1. The smallest absolute Gasteiger partial charge is 0.426 e. The number of sulfone groups is 1. The lowest BCUT2D eigenvalue weighted by atomic mass is 9.85. The number of thiophene rings is 1. The lowest BCUT2D eigenvalue weighted by molar-refractivity contribution is -0.275. The van der Waals surface area contributed by atoms with Crippen LogP contribution in [0.3, 0.4) is 0 Å². The van der Waals surface area contributed by atoms with E-state index in [1.165, 1.54) is 48.5 Å². The van der Waals surface area contributed by atoms with E-state index in [1.807, 2.05) is 0 Å². The van der Waals surface area contributed by atoms with Gasteiger partial charge in [0.1, 0.15) is 33.9 Å². The van der Waals surface area contributed by atoms with Crippen LogP contribution >= 0.6 is 11.3 Å². The lowest BCUT2D eigenvalue weighted by Gasteiger charge is -2.31. The van der Waals surface area contributed by atoms with Crippen LogP contribution < -0.4 is 10.1 Å². The Morgan fingerprint density at radius 1 is 0.818 bits per heavy atom. The summed E-state index contributed by atoms with van der Waals surface area (Å²) in [7, 11) is -3.73. The molecule has 8 rings (SSSR count). The SMILES string of the molecule is CCC(O)(c1nnc(NCc2ccc3c(c2)C(c2ccc(F)cc2)=C(CCC(O)(c2cn(Cc4ccc5c(-c6ccc(F)cc6)c(S(C)(=O)=O)sc5c4)nn2)C(F)(F)F)CO3)o1)C(F)(F)F. The normalized spacial score (nSPS) is 15.3. The summed E-state index contributed by atoms with van der Waals surface area (Å²) < 4.78 is 152. The van der Waals surface area contributed by atoms with Gasteiger partial charge in [-0.1, -0.05) is 59.7 Å². The van der Waals surface area contributed by atoms with Crippen LogP contribution in [0.2, 0.25) is 0 Å². The fraction of sp³-hybridized carbons (Fsp3) is 0.273. The summed E-state index contributed by atoms with van der Waals surface area (Å²) >= 11 is 0.988. The van der Waals surface area contributed by atoms with Crippen molar-refractivity contribution in [3.63, 3.8) is 0 Å². The first-order chi connectivity index (χ1) is 31.1. The number of fused-ring (bicyclic) bond motifs is 2. The summed E-state index contributed by atoms with van der Waals surface area (Å²) in [4.78, 5) is 0. The van der Waals surface area contributed by atoms with Crippen LogP contribution in [0.1, 0.15) is 60.0 Å². The van der Waals surface area contributed by atoms with Crippen molar-refractivity contribution in [1.29, 1.82) is 0 Å². The second-order valence-corrected chi connectivity index (χ2v) is 18.9. The molecule has 4 aromatic carbocycles. The Morgan fingerprint density at radius 2 is 1.47 bits per heavy atom. The zero-order valence-electron chi connectivity index (χ0n) is 34.5. The highest BCUT2D eigenvalue weighted by atomic mass is 32.2. The lowest BCUT2D eigenvalue weighted by Crippen LogP contribution is -2.43. The predicted molar refractivity (Wildman–Crippen MR) is 225 cm³/mol. The molecular formula is C44H36F8N6O6S2. The molecule has 0 aliphatic carbocycles. The molecule has 2 atom stereocenters. The number of nitrogens with one attached hydrogen (secondary N) is 1. The van der Waals surface area contributed by atoms with Gasteiger partial charge in [0.15, 0.2) is 9.84 Å². The van der Waals surface area contributed by atoms with E-state index in [1.54, 1.807) is 36.4 Å². The van der Waals surface area contributed by atoms with Gasteiger partial charge in [-0.05, 0) is 95.1 Å². The minimum absolute atomic E-state index is 0.0538. The summed E-state index contributed by atoms with van der Waals surface area (Å²) in [6.07, 6.45) is -10.5. The molecule has 1 aliphatic heterocycles. The van der Waals surface area contributed by atoms with Gasteiger partial charge >= 0.3 is 18.4 Å². The molecule has 3 N–H and O–H groups in total. The summed E-state index contributed by atoms with van der Waals surface area (Å²) in [6, 6.07) is 19.9. The van der Waals surface area contributed by atoms with Gasteiger partial charge < -0.3 is 24.7 Å². The quantitative estimate of drug-likeness (QED) is 0.0890. The van der Waals surface area contributed by atoms with Gasteiger partial charge in [-0.3, -0.25) is 0 Å². The highest BCUT2D eigenvalue weighted by Gasteiger charge is 2.58. The molecule has 22 heteroatoms. The third-order valence-electron chi connectivity index (χ3n) is 11.2. The third-order valence-corrected chi connectivity index (χ3v) is 14.1. The first-order valence-corrected chi connectivity index (χ1v) is 22.6. The molecule has 0 bridgehead atoms. The van der Waals surface area contributed by atoms with Crippen LogP contribution in [-0.2, 0) is 34.1 Å². The molecule has 0 radical (unpaired) electrons. The maximum absolute atomic E-state index is 15.0. The molecular weight excluding hydrogens is 925 g/mol. The van der Waals surface area contributed by atoms with Gasteiger partial charge in [0.05, 0.1) is 12.7 Å². The largest absolute Gasteiger partial charge is 0.489 e. The zero-order chi connectivity index (χ0) is 47.4. The fourth-order valence-electron chi connectivity index (χ4n) is 7.59. The average molecular weight is 961 g/mol. The highest BCUT2D eigenvalue weighted by molar-refractivity contribution is 7.93. The number of nitrogens with zero attached hydrogens (tertiary/aromatic N) is 5. The molecule has 0 fully saturated rings. The molecule has 3 aromatic heterocycles. The van der Waals surface area contributed by atoms with Crippen LogP contribution in [0.5, 0.6) is 5.75 Å².